The van der Waals surface area contributed by atoms with Crippen LogP contribution in [0, 0.1) is 0 Å². The van der Waals surface area contributed by atoms with Gasteiger partial charge in [0.1, 0.15) is 0 Å². The average Bonchev–Trinajstić information content (AvgIpc) is 3.23. The van der Waals surface area contributed by atoms with Crippen LogP contribution in [0.4, 0.5) is 0 Å². The molecule has 8 nitrogen and oxygen atoms in total. The minimum atomic E-state index is -0.0650. The Hall–Kier alpha value is -2.87. The maximum absolute atomic E-state index is 12.3. The number of aromatic nitrogens is 1. The number of nitrogens with one attached hydrogen (secondary N) is 3. The van der Waals surface area contributed by atoms with Crippen molar-refractivity contribution in [2.24, 2.45) is 4.99 Å². The van der Waals surface area contributed by atoms with Crippen molar-refractivity contribution in [3.05, 3.63) is 52.9 Å². The largest absolute Gasteiger partial charge is 0.359 e. The third kappa shape index (κ3) is 8.05. The van der Waals surface area contributed by atoms with E-state index in [0.717, 1.165) is 36.4 Å². The van der Waals surface area contributed by atoms with Crippen LogP contribution >= 0.6 is 0 Å². The summed E-state index contributed by atoms with van der Waals surface area (Å²) in [6.07, 6.45) is 2.09. The molecule has 2 rings (SSSR count). The molecular weight excluding hydrogens is 392 g/mol. The van der Waals surface area contributed by atoms with Gasteiger partial charge in [0.2, 0.25) is 0 Å². The molecule has 170 valence electrons. The summed E-state index contributed by atoms with van der Waals surface area (Å²) in [4.78, 5) is 18.6. The van der Waals surface area contributed by atoms with Gasteiger partial charge in [-0.25, -0.2) is 0 Å². The van der Waals surface area contributed by atoms with Crippen molar-refractivity contribution >= 4 is 11.9 Å². The van der Waals surface area contributed by atoms with Crippen LogP contribution in [0.2, 0.25) is 0 Å². The molecule has 0 aliphatic rings. The van der Waals surface area contributed by atoms with Gasteiger partial charge in [-0.2, -0.15) is 0 Å². The number of hydrogen-bond donors (Lipinski definition) is 3. The molecule has 0 atom stereocenters. The Labute approximate surface area is 185 Å². The fourth-order valence-corrected chi connectivity index (χ4v) is 3.21. The predicted octanol–water partition coefficient (Wildman–Crippen LogP) is 2.73. The molecule has 2 aromatic rings. The summed E-state index contributed by atoms with van der Waals surface area (Å²) in [6, 6.07) is 9.60. The van der Waals surface area contributed by atoms with Crippen LogP contribution < -0.4 is 16.0 Å². The number of guanidine groups is 1. The molecule has 0 spiro atoms. The van der Waals surface area contributed by atoms with Gasteiger partial charge in [-0.15, -0.1) is 0 Å². The molecule has 1 aromatic carbocycles. The van der Waals surface area contributed by atoms with Crippen LogP contribution in [0.25, 0.3) is 0 Å². The van der Waals surface area contributed by atoms with Crippen LogP contribution in [-0.4, -0.2) is 56.2 Å². The van der Waals surface area contributed by atoms with E-state index in [9.17, 15) is 4.79 Å². The van der Waals surface area contributed by atoms with Gasteiger partial charge in [-0.1, -0.05) is 31.1 Å². The number of hydrogen-bond acceptors (Lipinski definition) is 5. The zero-order valence-electron chi connectivity index (χ0n) is 19.4. The minimum absolute atomic E-state index is 0.0650. The van der Waals surface area contributed by atoms with Crippen molar-refractivity contribution in [3.63, 3.8) is 0 Å². The molecule has 0 aliphatic carbocycles. The van der Waals surface area contributed by atoms with Crippen molar-refractivity contribution in [1.29, 1.82) is 0 Å². The first-order chi connectivity index (χ1) is 15.0. The second-order valence-electron chi connectivity index (χ2n) is 7.77. The number of aliphatic imine (C=N–C) groups is 1. The summed E-state index contributed by atoms with van der Waals surface area (Å²) < 4.78 is 5.45. The highest BCUT2D eigenvalue weighted by Gasteiger charge is 2.13. The maximum atomic E-state index is 12.3. The molecule has 3 N–H and O–H groups in total. The molecule has 1 amide bonds. The van der Waals surface area contributed by atoms with Crippen molar-refractivity contribution in [2.45, 2.75) is 45.7 Å². The Kier molecular flexibility index (Phi) is 10.0. The molecule has 1 aromatic heterocycles. The molecule has 1 heterocycles. The van der Waals surface area contributed by atoms with Crippen molar-refractivity contribution in [1.82, 2.24) is 26.0 Å². The molecule has 0 saturated heterocycles. The summed E-state index contributed by atoms with van der Waals surface area (Å²) in [6.45, 7) is 6.80. The maximum Gasteiger partial charge on any atom is 0.251 e. The number of likely N-dealkylation sites (N-methyl/N-ethyl adjacent to an activating group) is 1. The van der Waals surface area contributed by atoms with Gasteiger partial charge in [-0.05, 0) is 44.6 Å². The first-order valence-electron chi connectivity index (χ1n) is 10.9. The van der Waals surface area contributed by atoms with Gasteiger partial charge >= 0.3 is 0 Å². The zero-order valence-corrected chi connectivity index (χ0v) is 19.4. The van der Waals surface area contributed by atoms with E-state index in [0.29, 0.717) is 37.1 Å². The van der Waals surface area contributed by atoms with E-state index in [4.69, 9.17) is 4.52 Å². The first kappa shape index (κ1) is 24.4. The summed E-state index contributed by atoms with van der Waals surface area (Å²) in [5.41, 5.74) is 2.65. The number of amides is 1. The van der Waals surface area contributed by atoms with E-state index in [2.05, 4.69) is 39.9 Å². The van der Waals surface area contributed by atoms with E-state index in [1.807, 2.05) is 49.3 Å². The highest BCUT2D eigenvalue weighted by Crippen LogP contribution is 2.22. The summed E-state index contributed by atoms with van der Waals surface area (Å²) >= 11 is 0. The minimum Gasteiger partial charge on any atom is -0.359 e. The van der Waals surface area contributed by atoms with E-state index in [1.165, 1.54) is 0 Å². The average molecular weight is 429 g/mol. The fourth-order valence-electron chi connectivity index (χ4n) is 3.21. The molecular formula is C23H36N6O2. The molecule has 0 aliphatic heterocycles. The SMILES string of the molecule is CCC(CC)c1cc(CNC(=NC)NCc2cccc(C(=O)NCCN(C)C)c2)on1. The van der Waals surface area contributed by atoms with Crippen molar-refractivity contribution in [3.8, 4) is 0 Å². The fraction of sp³-hybridized carbons (Fsp3) is 0.522. The van der Waals surface area contributed by atoms with Crippen LogP contribution in [0.1, 0.15) is 60.0 Å². The van der Waals surface area contributed by atoms with Gasteiger partial charge in [0, 0.05) is 44.2 Å². The molecule has 0 unspecified atom stereocenters. The quantitative estimate of drug-likeness (QED) is 0.376. The Morgan fingerprint density at radius 2 is 1.87 bits per heavy atom. The number of rotatable bonds is 11. The zero-order chi connectivity index (χ0) is 22.6. The topological polar surface area (TPSA) is 94.8 Å². The van der Waals surface area contributed by atoms with Crippen molar-refractivity contribution in [2.75, 3.05) is 34.2 Å². The number of nitrogens with zero attached hydrogens (tertiary/aromatic N) is 3. The summed E-state index contributed by atoms with van der Waals surface area (Å²) in [5, 5.41) is 13.6. The smallest absolute Gasteiger partial charge is 0.251 e. The Morgan fingerprint density at radius 1 is 1.13 bits per heavy atom. The highest BCUT2D eigenvalue weighted by atomic mass is 16.5. The summed E-state index contributed by atoms with van der Waals surface area (Å²) in [7, 11) is 5.68. The summed E-state index contributed by atoms with van der Waals surface area (Å²) in [5.74, 6) is 1.80. The van der Waals surface area contributed by atoms with Crippen molar-refractivity contribution < 1.29 is 9.32 Å². The molecule has 0 radical (unpaired) electrons. The Balaban J connectivity index is 1.85. The van der Waals surface area contributed by atoms with Gasteiger partial charge in [0.15, 0.2) is 11.7 Å². The molecule has 0 saturated carbocycles. The molecule has 0 bridgehead atoms. The second-order valence-corrected chi connectivity index (χ2v) is 7.77. The van der Waals surface area contributed by atoms with E-state index in [-0.39, 0.29) is 5.91 Å². The monoisotopic (exact) mass is 428 g/mol. The molecule has 0 fully saturated rings. The van der Waals surface area contributed by atoms with Crippen LogP contribution in [0.3, 0.4) is 0 Å². The lowest BCUT2D eigenvalue weighted by molar-refractivity contribution is 0.0951. The van der Waals surface area contributed by atoms with Crippen LogP contribution in [0.5, 0.6) is 0 Å². The lowest BCUT2D eigenvalue weighted by atomic mass is 9.99. The van der Waals surface area contributed by atoms with Gasteiger partial charge in [0.05, 0.1) is 12.2 Å². The lowest BCUT2D eigenvalue weighted by Gasteiger charge is -2.12. The van der Waals surface area contributed by atoms with Gasteiger partial charge < -0.3 is 25.4 Å². The van der Waals surface area contributed by atoms with Gasteiger partial charge in [-0.3, -0.25) is 9.79 Å². The lowest BCUT2D eigenvalue weighted by Crippen LogP contribution is -2.36. The number of benzene rings is 1. The van der Waals surface area contributed by atoms with E-state index >= 15 is 0 Å². The Morgan fingerprint density at radius 3 is 2.55 bits per heavy atom. The predicted molar refractivity (Wildman–Crippen MR) is 124 cm³/mol. The number of carbonyl (C=O) groups is 1. The molecule has 8 heteroatoms. The van der Waals surface area contributed by atoms with Gasteiger partial charge in [0.25, 0.3) is 5.91 Å². The third-order valence-electron chi connectivity index (χ3n) is 5.13. The highest BCUT2D eigenvalue weighted by molar-refractivity contribution is 5.94. The van der Waals surface area contributed by atoms with E-state index in [1.54, 1.807) is 7.05 Å². The standard InChI is InChI=1S/C23H36N6O2/c1-6-18(7-2)21-14-20(31-28-21)16-27-23(24-3)26-15-17-9-8-10-19(13-17)22(30)25-11-12-29(4)5/h8-10,13-14,18H,6-7,11-12,15-16H2,1-5H3,(H,25,30)(H2,24,26,27). The normalized spacial score (nSPS) is 11.8. The first-order valence-corrected chi connectivity index (χ1v) is 10.9. The van der Waals surface area contributed by atoms with E-state index < -0.39 is 0 Å². The molecule has 31 heavy (non-hydrogen) atoms. The Bertz CT molecular complexity index is 842. The number of carbonyl (C=O) groups excluding carboxylic acids is 1. The van der Waals surface area contributed by atoms with Crippen LogP contribution in [-0.2, 0) is 13.1 Å². The third-order valence-corrected chi connectivity index (χ3v) is 5.13. The second kappa shape index (κ2) is 12.7. The van der Waals surface area contributed by atoms with Crippen LogP contribution in [0.15, 0.2) is 39.8 Å².